The monoisotopic (exact) mass is 375 g/mol. The standard InChI is InChI=1S/C14H17N9O2S/c1-22(2)11-7-12(18-8-17-11)23-13(15)20-14(21-23)19-9-3-5-10(6-4-9)26(16,24)25/h3-8H,1-2H3,(H2,16,24,25)(H3,15,19,20,21). The van der Waals surface area contributed by atoms with E-state index in [9.17, 15) is 8.42 Å². The molecule has 136 valence electrons. The molecule has 0 saturated carbocycles. The lowest BCUT2D eigenvalue weighted by Crippen LogP contribution is -2.12. The first kappa shape index (κ1) is 17.6. The first-order valence-electron chi connectivity index (χ1n) is 7.36. The summed E-state index contributed by atoms with van der Waals surface area (Å²) in [6, 6.07) is 7.57. The van der Waals surface area contributed by atoms with Gasteiger partial charge in [-0.25, -0.2) is 23.5 Å². The topological polar surface area (TPSA) is 158 Å². The fourth-order valence-corrected chi connectivity index (χ4v) is 2.62. The Morgan fingerprint density at radius 1 is 1.15 bits per heavy atom. The van der Waals surface area contributed by atoms with Gasteiger partial charge in [-0.1, -0.05) is 0 Å². The van der Waals surface area contributed by atoms with E-state index < -0.39 is 10.0 Å². The Hall–Kier alpha value is -3.25. The maximum atomic E-state index is 11.3. The van der Waals surface area contributed by atoms with Gasteiger partial charge in [0.15, 0.2) is 5.82 Å². The molecule has 2 aromatic heterocycles. The molecule has 12 heteroatoms. The van der Waals surface area contributed by atoms with E-state index in [2.05, 4.69) is 25.4 Å². The second kappa shape index (κ2) is 6.57. The van der Waals surface area contributed by atoms with Gasteiger partial charge >= 0.3 is 0 Å². The summed E-state index contributed by atoms with van der Waals surface area (Å²) in [6.07, 6.45) is 1.41. The second-order valence-corrected chi connectivity index (χ2v) is 7.09. The van der Waals surface area contributed by atoms with Gasteiger partial charge in [-0.3, -0.25) is 0 Å². The van der Waals surface area contributed by atoms with Crippen LogP contribution in [0, 0.1) is 0 Å². The van der Waals surface area contributed by atoms with E-state index in [4.69, 9.17) is 10.9 Å². The molecule has 0 unspecified atom stereocenters. The largest absolute Gasteiger partial charge is 0.368 e. The van der Waals surface area contributed by atoms with E-state index >= 15 is 0 Å². The van der Waals surface area contributed by atoms with E-state index in [-0.39, 0.29) is 16.8 Å². The number of rotatable bonds is 5. The molecule has 0 fully saturated rings. The van der Waals surface area contributed by atoms with Gasteiger partial charge in [0, 0.05) is 25.8 Å². The van der Waals surface area contributed by atoms with Gasteiger partial charge in [0.05, 0.1) is 4.90 Å². The predicted octanol–water partition coefficient (Wildman–Crippen LogP) is 0.0965. The van der Waals surface area contributed by atoms with Crippen molar-refractivity contribution < 1.29 is 8.42 Å². The minimum atomic E-state index is -3.74. The number of aromatic nitrogens is 5. The summed E-state index contributed by atoms with van der Waals surface area (Å²) in [5.41, 5.74) is 6.49. The molecular formula is C14H17N9O2S. The minimum absolute atomic E-state index is 0.0123. The van der Waals surface area contributed by atoms with E-state index in [1.807, 2.05) is 19.0 Å². The van der Waals surface area contributed by atoms with E-state index in [0.717, 1.165) is 0 Å². The lowest BCUT2D eigenvalue weighted by atomic mass is 10.3. The number of anilines is 4. The molecule has 0 atom stereocenters. The highest BCUT2D eigenvalue weighted by Gasteiger charge is 2.12. The summed E-state index contributed by atoms with van der Waals surface area (Å²) in [5, 5.41) is 12.3. The third-order valence-electron chi connectivity index (χ3n) is 3.38. The van der Waals surface area contributed by atoms with Crippen LogP contribution in [0.3, 0.4) is 0 Å². The lowest BCUT2D eigenvalue weighted by molar-refractivity contribution is 0.598. The predicted molar refractivity (Wildman–Crippen MR) is 96.8 cm³/mol. The first-order valence-corrected chi connectivity index (χ1v) is 8.91. The average molecular weight is 375 g/mol. The van der Waals surface area contributed by atoms with Crippen LogP contribution >= 0.6 is 0 Å². The molecule has 0 aliphatic carbocycles. The van der Waals surface area contributed by atoms with Gasteiger partial charge in [-0.2, -0.15) is 9.67 Å². The van der Waals surface area contributed by atoms with Crippen molar-refractivity contribution in [3.63, 3.8) is 0 Å². The molecule has 0 bridgehead atoms. The highest BCUT2D eigenvalue weighted by atomic mass is 32.2. The van der Waals surface area contributed by atoms with Gasteiger partial charge in [-0.05, 0) is 24.3 Å². The Bertz CT molecular complexity index is 1030. The second-order valence-electron chi connectivity index (χ2n) is 5.53. The van der Waals surface area contributed by atoms with Gasteiger partial charge in [0.2, 0.25) is 21.9 Å². The van der Waals surface area contributed by atoms with Crippen molar-refractivity contribution >= 4 is 33.4 Å². The molecule has 3 rings (SSSR count). The summed E-state index contributed by atoms with van der Waals surface area (Å²) < 4.78 is 23.9. The number of benzene rings is 1. The summed E-state index contributed by atoms with van der Waals surface area (Å²) in [4.78, 5) is 14.2. The third-order valence-corrected chi connectivity index (χ3v) is 4.31. The fourth-order valence-electron chi connectivity index (χ4n) is 2.10. The molecule has 26 heavy (non-hydrogen) atoms. The maximum Gasteiger partial charge on any atom is 0.248 e. The lowest BCUT2D eigenvalue weighted by Gasteiger charge is -2.11. The minimum Gasteiger partial charge on any atom is -0.368 e. The molecule has 5 N–H and O–H groups in total. The van der Waals surface area contributed by atoms with Gasteiger partial charge in [0.25, 0.3) is 0 Å². The van der Waals surface area contributed by atoms with Crippen LogP contribution in [-0.2, 0) is 10.0 Å². The SMILES string of the molecule is CN(C)c1cc(-n2nc(Nc3ccc(S(N)(=O)=O)cc3)nc2N)ncn1. The number of hydrogen-bond donors (Lipinski definition) is 3. The maximum absolute atomic E-state index is 11.3. The zero-order valence-corrected chi connectivity index (χ0v) is 14.8. The van der Waals surface area contributed by atoms with Crippen LogP contribution in [0.15, 0.2) is 41.6 Å². The third kappa shape index (κ3) is 3.70. The molecule has 3 aromatic rings. The fraction of sp³-hybridized carbons (Fsp3) is 0.143. The number of sulfonamides is 1. The molecule has 0 saturated heterocycles. The van der Waals surface area contributed by atoms with Crippen LogP contribution in [-0.4, -0.2) is 47.2 Å². The Balaban J connectivity index is 1.86. The highest BCUT2D eigenvalue weighted by molar-refractivity contribution is 7.89. The molecule has 0 radical (unpaired) electrons. The Labute approximate surface area is 149 Å². The molecule has 0 aliphatic rings. The molecule has 0 amide bonds. The van der Waals surface area contributed by atoms with Gasteiger partial charge < -0.3 is 16.0 Å². The van der Waals surface area contributed by atoms with Crippen LogP contribution in [0.2, 0.25) is 0 Å². The van der Waals surface area contributed by atoms with Gasteiger partial charge in [0.1, 0.15) is 12.1 Å². The number of primary sulfonamides is 1. The van der Waals surface area contributed by atoms with Crippen molar-refractivity contribution in [3.05, 3.63) is 36.7 Å². The number of nitrogens with two attached hydrogens (primary N) is 2. The first-order chi connectivity index (χ1) is 12.2. The van der Waals surface area contributed by atoms with Crippen molar-refractivity contribution in [1.29, 1.82) is 0 Å². The zero-order chi connectivity index (χ0) is 18.9. The normalized spacial score (nSPS) is 11.3. The van der Waals surface area contributed by atoms with Crippen LogP contribution in [0.5, 0.6) is 0 Å². The molecule has 11 nitrogen and oxygen atoms in total. The molecule has 0 spiro atoms. The number of hydrogen-bond acceptors (Lipinski definition) is 9. The smallest absolute Gasteiger partial charge is 0.248 e. The molecule has 1 aromatic carbocycles. The summed E-state index contributed by atoms with van der Waals surface area (Å²) in [6.45, 7) is 0. The van der Waals surface area contributed by atoms with Crippen molar-refractivity contribution in [2.45, 2.75) is 4.90 Å². The molecular weight excluding hydrogens is 358 g/mol. The van der Waals surface area contributed by atoms with Crippen molar-refractivity contribution in [3.8, 4) is 5.82 Å². The number of nitrogens with zero attached hydrogens (tertiary/aromatic N) is 6. The average Bonchev–Trinajstić information content (AvgIpc) is 2.95. The Kier molecular flexibility index (Phi) is 4.44. The molecule has 2 heterocycles. The quantitative estimate of drug-likeness (QED) is 0.562. The van der Waals surface area contributed by atoms with E-state index in [1.54, 1.807) is 18.2 Å². The number of nitrogens with one attached hydrogen (secondary N) is 1. The van der Waals surface area contributed by atoms with E-state index in [0.29, 0.717) is 17.3 Å². The summed E-state index contributed by atoms with van der Waals surface area (Å²) >= 11 is 0. The van der Waals surface area contributed by atoms with Crippen LogP contribution in [0.4, 0.5) is 23.4 Å². The van der Waals surface area contributed by atoms with Crippen molar-refractivity contribution in [2.75, 3.05) is 30.0 Å². The summed E-state index contributed by atoms with van der Waals surface area (Å²) in [7, 11) is -0.0312. The summed E-state index contributed by atoms with van der Waals surface area (Å²) in [5.74, 6) is 1.53. The van der Waals surface area contributed by atoms with Crippen molar-refractivity contribution in [1.82, 2.24) is 24.7 Å². The van der Waals surface area contributed by atoms with Crippen LogP contribution in [0.1, 0.15) is 0 Å². The van der Waals surface area contributed by atoms with E-state index in [1.165, 1.54) is 23.1 Å². The molecule has 0 aliphatic heterocycles. The number of nitrogen functional groups attached to an aromatic ring is 1. The van der Waals surface area contributed by atoms with Gasteiger partial charge in [-0.15, -0.1) is 5.10 Å². The van der Waals surface area contributed by atoms with Crippen molar-refractivity contribution in [2.24, 2.45) is 5.14 Å². The zero-order valence-electron chi connectivity index (χ0n) is 14.0. The van der Waals surface area contributed by atoms with Crippen LogP contribution < -0.4 is 21.1 Å². The van der Waals surface area contributed by atoms with Crippen LogP contribution in [0.25, 0.3) is 5.82 Å². The Morgan fingerprint density at radius 2 is 1.85 bits per heavy atom. The highest BCUT2D eigenvalue weighted by Crippen LogP contribution is 2.19. The Morgan fingerprint density at radius 3 is 2.46 bits per heavy atom.